The predicted molar refractivity (Wildman–Crippen MR) is 74.3 cm³/mol. The van der Waals surface area contributed by atoms with E-state index in [4.69, 9.17) is 5.11 Å². The number of benzene rings is 1. The second kappa shape index (κ2) is 5.72. The van der Waals surface area contributed by atoms with Crippen molar-refractivity contribution in [3.63, 3.8) is 0 Å². The first-order valence-corrected chi connectivity index (χ1v) is 6.64. The molecule has 0 bridgehead atoms. The molecule has 5 nitrogen and oxygen atoms in total. The maximum atomic E-state index is 13.6. The number of hydrogen-bond acceptors (Lipinski definition) is 4. The molecular formula is C13H12BrFN2O3. The summed E-state index contributed by atoms with van der Waals surface area (Å²) in [6.07, 6.45) is 1.13. The van der Waals surface area contributed by atoms with E-state index in [0.717, 1.165) is 11.0 Å². The number of nitrogens with one attached hydrogen (secondary N) is 1. The van der Waals surface area contributed by atoms with Gasteiger partial charge in [0.1, 0.15) is 11.5 Å². The van der Waals surface area contributed by atoms with E-state index >= 15 is 0 Å². The normalized spacial score (nSPS) is 14.8. The number of rotatable bonds is 4. The Morgan fingerprint density at radius 1 is 1.40 bits per heavy atom. The van der Waals surface area contributed by atoms with Gasteiger partial charge >= 0.3 is 0 Å². The van der Waals surface area contributed by atoms with Crippen LogP contribution >= 0.6 is 15.9 Å². The summed E-state index contributed by atoms with van der Waals surface area (Å²) in [5, 5.41) is 11.5. The summed E-state index contributed by atoms with van der Waals surface area (Å²) in [7, 11) is 0. The molecule has 1 aliphatic rings. The third kappa shape index (κ3) is 2.73. The van der Waals surface area contributed by atoms with Gasteiger partial charge in [0.25, 0.3) is 11.8 Å². The lowest BCUT2D eigenvalue weighted by molar-refractivity contribution is -0.137. The molecular weight excluding hydrogens is 331 g/mol. The van der Waals surface area contributed by atoms with E-state index in [-0.39, 0.29) is 23.3 Å². The lowest BCUT2D eigenvalue weighted by atomic mass is 10.2. The smallest absolute Gasteiger partial charge is 0.277 e. The Labute approximate surface area is 123 Å². The molecule has 0 aromatic heterocycles. The van der Waals surface area contributed by atoms with Gasteiger partial charge in [0.05, 0.1) is 23.3 Å². The van der Waals surface area contributed by atoms with Gasteiger partial charge in [-0.25, -0.2) is 4.39 Å². The van der Waals surface area contributed by atoms with Crippen molar-refractivity contribution in [2.45, 2.75) is 6.92 Å². The number of aliphatic hydroxyl groups is 1. The average Bonchev–Trinajstić information content (AvgIpc) is 2.63. The van der Waals surface area contributed by atoms with Crippen LogP contribution in [0.25, 0.3) is 0 Å². The number of carbonyl (C=O) groups is 2. The van der Waals surface area contributed by atoms with E-state index in [9.17, 15) is 14.0 Å². The fourth-order valence-electron chi connectivity index (χ4n) is 1.87. The number of anilines is 1. The minimum absolute atomic E-state index is 0.0501. The molecule has 2 amide bonds. The Morgan fingerprint density at radius 3 is 2.75 bits per heavy atom. The summed E-state index contributed by atoms with van der Waals surface area (Å²) < 4.78 is 13.8. The monoisotopic (exact) mass is 342 g/mol. The summed E-state index contributed by atoms with van der Waals surface area (Å²) in [4.78, 5) is 24.5. The number of amides is 2. The third-order valence-corrected chi connectivity index (χ3v) is 3.58. The molecule has 0 spiro atoms. The van der Waals surface area contributed by atoms with Crippen molar-refractivity contribution >= 4 is 33.4 Å². The SMILES string of the molecule is Cc1cc(F)c(Br)c(NC2=CC(=O)N(CCO)C2=O)c1. The van der Waals surface area contributed by atoms with Crippen LogP contribution in [0.3, 0.4) is 0 Å². The summed E-state index contributed by atoms with van der Waals surface area (Å²) in [6.45, 7) is 1.35. The number of β-amino-alcohol motifs (C(OH)–C–C–N with tert-alkyl or cyclic N) is 1. The van der Waals surface area contributed by atoms with Crippen LogP contribution in [0.5, 0.6) is 0 Å². The number of imide groups is 1. The number of aryl methyl sites for hydroxylation is 1. The molecule has 7 heteroatoms. The van der Waals surface area contributed by atoms with E-state index in [1.165, 1.54) is 6.07 Å². The molecule has 0 aliphatic carbocycles. The zero-order valence-corrected chi connectivity index (χ0v) is 12.2. The Morgan fingerprint density at radius 2 is 2.10 bits per heavy atom. The van der Waals surface area contributed by atoms with Crippen LogP contribution in [0.15, 0.2) is 28.4 Å². The van der Waals surface area contributed by atoms with E-state index in [0.29, 0.717) is 11.3 Å². The van der Waals surface area contributed by atoms with Crippen molar-refractivity contribution in [1.82, 2.24) is 4.90 Å². The Balaban J connectivity index is 2.26. The maximum absolute atomic E-state index is 13.6. The quantitative estimate of drug-likeness (QED) is 0.814. The second-order valence-electron chi connectivity index (χ2n) is 4.31. The molecule has 1 heterocycles. The van der Waals surface area contributed by atoms with Crippen molar-refractivity contribution in [3.8, 4) is 0 Å². The van der Waals surface area contributed by atoms with Crippen LogP contribution in [0.2, 0.25) is 0 Å². The molecule has 1 aromatic carbocycles. The predicted octanol–water partition coefficient (Wildman–Crippen LogP) is 1.55. The molecule has 1 aromatic rings. The molecule has 1 aliphatic heterocycles. The molecule has 2 N–H and O–H groups in total. The van der Waals surface area contributed by atoms with Gasteiger partial charge in [0.15, 0.2) is 0 Å². The molecule has 0 fully saturated rings. The lowest BCUT2D eigenvalue weighted by Crippen LogP contribution is -2.34. The van der Waals surface area contributed by atoms with Crippen LogP contribution in [-0.4, -0.2) is 35.0 Å². The molecule has 0 unspecified atom stereocenters. The molecule has 0 radical (unpaired) electrons. The highest BCUT2D eigenvalue weighted by molar-refractivity contribution is 9.10. The van der Waals surface area contributed by atoms with E-state index < -0.39 is 17.6 Å². The number of carbonyl (C=O) groups excluding carboxylic acids is 2. The number of nitrogens with zero attached hydrogens (tertiary/aromatic N) is 1. The van der Waals surface area contributed by atoms with Crippen molar-refractivity contribution in [1.29, 1.82) is 0 Å². The van der Waals surface area contributed by atoms with Crippen LogP contribution in [-0.2, 0) is 9.59 Å². The maximum Gasteiger partial charge on any atom is 0.277 e. The summed E-state index contributed by atoms with van der Waals surface area (Å²) >= 11 is 3.09. The largest absolute Gasteiger partial charge is 0.395 e. The van der Waals surface area contributed by atoms with Crippen LogP contribution < -0.4 is 5.32 Å². The molecule has 0 saturated heterocycles. The Hall–Kier alpha value is -1.73. The molecule has 2 rings (SSSR count). The third-order valence-electron chi connectivity index (χ3n) is 2.77. The van der Waals surface area contributed by atoms with E-state index in [1.807, 2.05) is 0 Å². The van der Waals surface area contributed by atoms with Crippen molar-refractivity contribution in [2.75, 3.05) is 18.5 Å². The summed E-state index contributed by atoms with van der Waals surface area (Å²) in [5.74, 6) is -1.51. The topological polar surface area (TPSA) is 69.6 Å². The van der Waals surface area contributed by atoms with E-state index in [2.05, 4.69) is 21.2 Å². The second-order valence-corrected chi connectivity index (χ2v) is 5.10. The van der Waals surface area contributed by atoms with Crippen LogP contribution in [0.1, 0.15) is 5.56 Å². The molecule has 0 atom stereocenters. The summed E-state index contributed by atoms with van der Waals surface area (Å²) in [6, 6.07) is 3.00. The average molecular weight is 343 g/mol. The highest BCUT2D eigenvalue weighted by Gasteiger charge is 2.31. The van der Waals surface area contributed by atoms with Gasteiger partial charge in [-0.1, -0.05) is 0 Å². The van der Waals surface area contributed by atoms with E-state index in [1.54, 1.807) is 13.0 Å². The number of hydrogen-bond donors (Lipinski definition) is 2. The molecule has 20 heavy (non-hydrogen) atoms. The first kappa shape index (κ1) is 14.7. The van der Waals surface area contributed by atoms with Crippen molar-refractivity contribution < 1.29 is 19.1 Å². The zero-order chi connectivity index (χ0) is 14.9. The minimum Gasteiger partial charge on any atom is -0.395 e. The van der Waals surface area contributed by atoms with Gasteiger partial charge in [0.2, 0.25) is 0 Å². The summed E-state index contributed by atoms with van der Waals surface area (Å²) in [5.41, 5.74) is 1.09. The van der Waals surface area contributed by atoms with Crippen LogP contribution in [0, 0.1) is 12.7 Å². The molecule has 0 saturated carbocycles. The van der Waals surface area contributed by atoms with Crippen molar-refractivity contribution in [3.05, 3.63) is 39.8 Å². The number of halogens is 2. The Kier molecular flexibility index (Phi) is 4.20. The first-order chi connectivity index (χ1) is 9.43. The van der Waals surface area contributed by atoms with Crippen LogP contribution in [0.4, 0.5) is 10.1 Å². The lowest BCUT2D eigenvalue weighted by Gasteiger charge is -2.14. The minimum atomic E-state index is -0.544. The zero-order valence-electron chi connectivity index (χ0n) is 10.6. The van der Waals surface area contributed by atoms with Gasteiger partial charge in [-0.3, -0.25) is 14.5 Å². The first-order valence-electron chi connectivity index (χ1n) is 5.85. The fraction of sp³-hybridized carbons (Fsp3) is 0.231. The molecule has 106 valence electrons. The highest BCUT2D eigenvalue weighted by Crippen LogP contribution is 2.29. The van der Waals surface area contributed by atoms with Gasteiger partial charge in [0, 0.05) is 6.08 Å². The van der Waals surface area contributed by atoms with Crippen molar-refractivity contribution in [2.24, 2.45) is 0 Å². The highest BCUT2D eigenvalue weighted by atomic mass is 79.9. The number of aliphatic hydroxyl groups excluding tert-OH is 1. The van der Waals surface area contributed by atoms with Gasteiger partial charge < -0.3 is 10.4 Å². The Bertz CT molecular complexity index is 616. The standard InChI is InChI=1S/C13H12BrFN2O3/c1-7-4-8(15)12(14)9(5-7)16-10-6-11(19)17(2-3-18)13(10)20/h4-6,16,18H,2-3H2,1H3. The fourth-order valence-corrected chi connectivity index (χ4v) is 2.20. The van der Waals surface area contributed by atoms with Gasteiger partial charge in [-0.15, -0.1) is 0 Å². The van der Waals surface area contributed by atoms with Gasteiger partial charge in [-0.05, 0) is 40.5 Å². The van der Waals surface area contributed by atoms with Gasteiger partial charge in [-0.2, -0.15) is 0 Å².